The van der Waals surface area contributed by atoms with Gasteiger partial charge in [0.2, 0.25) is 0 Å². The van der Waals surface area contributed by atoms with E-state index < -0.39 is 0 Å². The van der Waals surface area contributed by atoms with Crippen molar-refractivity contribution in [1.82, 2.24) is 0 Å². The van der Waals surface area contributed by atoms with Gasteiger partial charge in [-0.15, -0.1) is 0 Å². The molecule has 85 heavy (non-hydrogen) atoms. The molecule has 0 aliphatic rings. The van der Waals surface area contributed by atoms with Gasteiger partial charge in [0.25, 0.3) is 0 Å². The van der Waals surface area contributed by atoms with Gasteiger partial charge in [-0.05, 0) is 241 Å². The Morgan fingerprint density at radius 2 is 0.565 bits per heavy atom. The van der Waals surface area contributed by atoms with E-state index in [4.69, 9.17) is 0 Å². The van der Waals surface area contributed by atoms with Crippen molar-refractivity contribution in [3.63, 3.8) is 0 Å². The summed E-state index contributed by atoms with van der Waals surface area (Å²) >= 11 is 0. The molecule has 0 atom stereocenters. The van der Waals surface area contributed by atoms with Crippen molar-refractivity contribution in [1.29, 1.82) is 0 Å². The predicted octanol–water partition coefficient (Wildman–Crippen LogP) is 23.5. The van der Waals surface area contributed by atoms with Crippen molar-refractivity contribution < 1.29 is 0 Å². The van der Waals surface area contributed by atoms with Gasteiger partial charge >= 0.3 is 0 Å². The van der Waals surface area contributed by atoms with Crippen LogP contribution >= 0.6 is 0 Å². The van der Waals surface area contributed by atoms with E-state index in [1.807, 2.05) is 0 Å². The predicted molar refractivity (Wildman–Crippen MR) is 375 cm³/mol. The Morgan fingerprint density at radius 3 is 0.918 bits per heavy atom. The number of aryl methyl sites for hydroxylation is 9. The second-order valence-electron chi connectivity index (χ2n) is 27.8. The first-order chi connectivity index (χ1) is 39.8. The van der Waals surface area contributed by atoms with Gasteiger partial charge in [0.1, 0.15) is 0 Å². The van der Waals surface area contributed by atoms with Crippen molar-refractivity contribution in [2.75, 3.05) is 31.9 Å². The van der Waals surface area contributed by atoms with Crippen LogP contribution in [0, 0.1) is 62.3 Å². The van der Waals surface area contributed by atoms with Gasteiger partial charge < -0.3 is 31.9 Å². The minimum Gasteiger partial charge on any atom is -0.354 e. The number of anilines is 12. The zero-order chi connectivity index (χ0) is 62.2. The van der Waals surface area contributed by atoms with Crippen LogP contribution in [0.1, 0.15) is 155 Å². The fourth-order valence-electron chi connectivity index (χ4n) is 10.9. The second-order valence-corrected chi connectivity index (χ2v) is 27.8. The maximum atomic E-state index is 3.86. The lowest BCUT2D eigenvalue weighted by Gasteiger charge is -2.30. The van der Waals surface area contributed by atoms with Crippen molar-refractivity contribution in [3.05, 3.63) is 248 Å². The lowest BCUT2D eigenvalue weighted by atomic mass is 9.78. The van der Waals surface area contributed by atoms with Crippen LogP contribution in [-0.4, -0.2) is 0 Å². The third kappa shape index (κ3) is 17.9. The van der Waals surface area contributed by atoms with E-state index in [0.29, 0.717) is 0 Å². The Bertz CT molecular complexity index is 3570. The summed E-state index contributed by atoms with van der Waals surface area (Å²) in [5.74, 6) is 0. The average Bonchev–Trinajstić information content (AvgIpc) is 3.37. The summed E-state index contributed by atoms with van der Waals surface area (Å²) in [6.07, 6.45) is 0. The molecule has 0 radical (unpaired) electrons. The highest BCUT2D eigenvalue weighted by Crippen LogP contribution is 2.42. The summed E-state index contributed by atoms with van der Waals surface area (Å²) in [6.45, 7) is 46.7. The molecule has 0 unspecified atom stereocenters. The van der Waals surface area contributed by atoms with Crippen LogP contribution in [0.5, 0.6) is 0 Å². The van der Waals surface area contributed by atoms with E-state index in [1.165, 1.54) is 83.7 Å². The van der Waals surface area contributed by atoms with Crippen LogP contribution in [0.4, 0.5) is 68.2 Å². The standard InChI is InChI=1S/C35H50N2.2C22H24N2/c1-23-20-25(33(5,6)7)22-30(31(23)35(11,12)13)37-28-17-15-14-16-27(28)36-29-21-24(32(2,3)4)18-19-26(29)34(8,9)10;1-15-9-16(2)12-19(11-15)23-21-7-5-6-8-22(21)24-20-13-17(3)10-18(4)14-20;1-15-9-11-17(3)21(13-15)23-19-7-5-6-8-20(19)24-22-14-16(2)10-12-18(22)4/h14-22,36-37H,1-13H3;2*5-14,23-24H,1-4H3. The lowest BCUT2D eigenvalue weighted by Crippen LogP contribution is -2.19. The quantitative estimate of drug-likeness (QED) is 0.0733. The number of hydrogen-bond donors (Lipinski definition) is 6. The molecule has 0 fully saturated rings. The van der Waals surface area contributed by atoms with Gasteiger partial charge in [0.05, 0.1) is 34.1 Å². The first kappa shape index (κ1) is 64.3. The van der Waals surface area contributed by atoms with E-state index in [0.717, 1.165) is 56.9 Å². The van der Waals surface area contributed by atoms with Gasteiger partial charge in [-0.1, -0.05) is 174 Å². The Labute approximate surface area is 512 Å². The number of para-hydroxylation sites is 6. The Morgan fingerprint density at radius 1 is 0.224 bits per heavy atom. The highest BCUT2D eigenvalue weighted by atomic mass is 15.0. The van der Waals surface area contributed by atoms with Crippen molar-refractivity contribution in [2.45, 2.75) is 167 Å². The fourth-order valence-corrected chi connectivity index (χ4v) is 10.9. The zero-order valence-electron chi connectivity index (χ0n) is 55.2. The number of benzene rings is 9. The molecule has 9 aromatic carbocycles. The summed E-state index contributed by atoms with van der Waals surface area (Å²) in [6, 6.07) is 62.8. The topological polar surface area (TPSA) is 72.2 Å². The largest absolute Gasteiger partial charge is 0.354 e. The van der Waals surface area contributed by atoms with Crippen LogP contribution in [-0.2, 0) is 21.7 Å². The normalized spacial score (nSPS) is 11.6. The first-order valence-electron chi connectivity index (χ1n) is 30.3. The van der Waals surface area contributed by atoms with E-state index in [2.05, 4.69) is 353 Å². The van der Waals surface area contributed by atoms with Crippen molar-refractivity contribution in [2.24, 2.45) is 0 Å². The summed E-state index contributed by atoms with van der Waals surface area (Å²) in [5, 5.41) is 21.9. The Kier molecular flexibility index (Phi) is 20.3. The van der Waals surface area contributed by atoms with Crippen molar-refractivity contribution >= 4 is 68.2 Å². The summed E-state index contributed by atoms with van der Waals surface area (Å²) in [4.78, 5) is 0. The van der Waals surface area contributed by atoms with E-state index in [-0.39, 0.29) is 21.7 Å². The molecule has 9 rings (SSSR count). The van der Waals surface area contributed by atoms with E-state index in [9.17, 15) is 0 Å². The number of nitrogens with one attached hydrogen (secondary N) is 6. The first-order valence-corrected chi connectivity index (χ1v) is 30.3. The van der Waals surface area contributed by atoms with Crippen LogP contribution in [0.2, 0.25) is 0 Å². The second kappa shape index (κ2) is 26.8. The number of rotatable bonds is 12. The molecular weight excluding hydrogens is 1030 g/mol. The van der Waals surface area contributed by atoms with Crippen LogP contribution in [0.15, 0.2) is 176 Å². The maximum absolute atomic E-state index is 3.86. The van der Waals surface area contributed by atoms with Gasteiger partial charge in [-0.3, -0.25) is 0 Å². The van der Waals surface area contributed by atoms with E-state index in [1.54, 1.807) is 0 Å². The molecule has 6 nitrogen and oxygen atoms in total. The molecule has 0 saturated carbocycles. The third-order valence-electron chi connectivity index (χ3n) is 15.3. The lowest BCUT2D eigenvalue weighted by molar-refractivity contribution is 0.575. The molecule has 0 saturated heterocycles. The molecule has 6 heteroatoms. The average molecular weight is 1130 g/mol. The summed E-state index contributed by atoms with van der Waals surface area (Å²) in [7, 11) is 0. The highest BCUT2D eigenvalue weighted by molar-refractivity contribution is 5.83. The molecule has 0 heterocycles. The number of hydrogen-bond acceptors (Lipinski definition) is 6. The molecular formula is C79H98N6. The molecule has 9 aromatic rings. The smallest absolute Gasteiger partial charge is 0.0623 e. The third-order valence-corrected chi connectivity index (χ3v) is 15.3. The van der Waals surface area contributed by atoms with E-state index >= 15 is 0 Å². The van der Waals surface area contributed by atoms with Crippen molar-refractivity contribution in [3.8, 4) is 0 Å². The molecule has 0 aliphatic carbocycles. The van der Waals surface area contributed by atoms with Crippen LogP contribution in [0.25, 0.3) is 0 Å². The van der Waals surface area contributed by atoms with Gasteiger partial charge in [0.15, 0.2) is 0 Å². The fraction of sp³-hybridized carbons (Fsp3) is 0.316. The molecule has 0 bridgehead atoms. The zero-order valence-corrected chi connectivity index (χ0v) is 55.2. The minimum absolute atomic E-state index is 0.0195. The molecule has 444 valence electrons. The van der Waals surface area contributed by atoms with Gasteiger partial charge in [-0.2, -0.15) is 0 Å². The molecule has 0 aliphatic heterocycles. The molecule has 0 amide bonds. The monoisotopic (exact) mass is 1130 g/mol. The Hall–Kier alpha value is -8.22. The molecule has 0 spiro atoms. The highest BCUT2D eigenvalue weighted by Gasteiger charge is 2.26. The molecule has 6 N–H and O–H groups in total. The minimum atomic E-state index is 0.0195. The molecule has 0 aromatic heterocycles. The van der Waals surface area contributed by atoms with Gasteiger partial charge in [-0.25, -0.2) is 0 Å². The summed E-state index contributed by atoms with van der Waals surface area (Å²) in [5.41, 5.74) is 30.2. The van der Waals surface area contributed by atoms with Crippen LogP contribution in [0.3, 0.4) is 0 Å². The van der Waals surface area contributed by atoms with Crippen LogP contribution < -0.4 is 31.9 Å². The van der Waals surface area contributed by atoms with Gasteiger partial charge in [0, 0.05) is 34.1 Å². The Balaban J connectivity index is 0.000000189. The maximum Gasteiger partial charge on any atom is 0.0623 e. The SMILES string of the molecule is Cc1cc(C(C)(C)C)cc(Nc2ccccc2Nc2cc(C(C)(C)C)ccc2C(C)(C)C)c1C(C)(C)C.Cc1cc(C)cc(Nc2ccccc2Nc2cc(C)cc(C)c2)c1.Cc1ccc(C)c(Nc2ccccc2Nc2cc(C)ccc2C)c1. The summed E-state index contributed by atoms with van der Waals surface area (Å²) < 4.78 is 0.